The molecule has 1 aromatic carbocycles. The molecule has 118 valence electrons. The fraction of sp³-hybridized carbons (Fsp3) is 0.500. The second-order valence-corrected chi connectivity index (χ2v) is 6.00. The molecule has 1 aliphatic rings. The molecular formula is C16H22N4O2. The lowest BCUT2D eigenvalue weighted by molar-refractivity contribution is 0.0785. The standard InChI is InChI=1S/C16H22N4O2/c1-2-3-11-7-20(8-12(11)17)16(22)10-4-5-13-14(6-10)19-15(9-21)18-13/h4-6,11-12,21H,2-3,7-9,17H2,1H3,(H,18,19)/t11-,12-/m1/s1. The molecule has 1 amide bonds. The van der Waals surface area contributed by atoms with E-state index in [1.54, 1.807) is 18.2 Å². The third-order valence-electron chi connectivity index (χ3n) is 4.37. The Hall–Kier alpha value is -1.92. The van der Waals surface area contributed by atoms with Gasteiger partial charge in [-0.25, -0.2) is 4.98 Å². The predicted octanol–water partition coefficient (Wildman–Crippen LogP) is 1.25. The number of aliphatic hydroxyl groups excluding tert-OH is 1. The number of nitrogens with one attached hydrogen (secondary N) is 1. The number of nitrogens with zero attached hydrogens (tertiary/aromatic N) is 2. The monoisotopic (exact) mass is 302 g/mol. The molecule has 1 aromatic heterocycles. The predicted molar refractivity (Wildman–Crippen MR) is 84.3 cm³/mol. The van der Waals surface area contributed by atoms with Gasteiger partial charge in [0.25, 0.3) is 5.91 Å². The van der Waals surface area contributed by atoms with Gasteiger partial charge >= 0.3 is 0 Å². The summed E-state index contributed by atoms with van der Waals surface area (Å²) in [6, 6.07) is 5.45. The molecule has 2 aromatic rings. The molecule has 22 heavy (non-hydrogen) atoms. The number of carbonyl (C=O) groups excluding carboxylic acids is 1. The second-order valence-electron chi connectivity index (χ2n) is 6.00. The van der Waals surface area contributed by atoms with Gasteiger partial charge in [-0.2, -0.15) is 0 Å². The molecule has 0 bridgehead atoms. The number of hydrogen-bond donors (Lipinski definition) is 3. The molecule has 0 saturated carbocycles. The van der Waals surface area contributed by atoms with Gasteiger partial charge in [0.15, 0.2) is 0 Å². The summed E-state index contributed by atoms with van der Waals surface area (Å²) in [5.41, 5.74) is 8.29. The molecule has 0 radical (unpaired) electrons. The number of aromatic nitrogens is 2. The maximum Gasteiger partial charge on any atom is 0.253 e. The van der Waals surface area contributed by atoms with Crippen LogP contribution in [0.1, 0.15) is 35.9 Å². The van der Waals surface area contributed by atoms with E-state index in [4.69, 9.17) is 10.8 Å². The Morgan fingerprint density at radius 3 is 3.05 bits per heavy atom. The van der Waals surface area contributed by atoms with Crippen molar-refractivity contribution in [1.29, 1.82) is 0 Å². The van der Waals surface area contributed by atoms with Crippen LogP contribution < -0.4 is 5.73 Å². The van der Waals surface area contributed by atoms with Crippen LogP contribution in [-0.4, -0.2) is 45.0 Å². The van der Waals surface area contributed by atoms with Gasteiger partial charge in [0.1, 0.15) is 12.4 Å². The Balaban J connectivity index is 1.80. The molecule has 0 unspecified atom stereocenters. The lowest BCUT2D eigenvalue weighted by atomic mass is 9.99. The van der Waals surface area contributed by atoms with E-state index in [1.807, 2.05) is 4.90 Å². The van der Waals surface area contributed by atoms with E-state index in [2.05, 4.69) is 16.9 Å². The normalized spacial score (nSPS) is 21.7. The first-order chi connectivity index (χ1) is 10.6. The number of amides is 1. The largest absolute Gasteiger partial charge is 0.388 e. The van der Waals surface area contributed by atoms with Crippen LogP contribution in [0.3, 0.4) is 0 Å². The van der Waals surface area contributed by atoms with Crippen LogP contribution in [0.2, 0.25) is 0 Å². The molecule has 3 rings (SSSR count). The van der Waals surface area contributed by atoms with Crippen molar-refractivity contribution >= 4 is 16.9 Å². The first kappa shape index (κ1) is 15.0. The molecule has 6 heteroatoms. The van der Waals surface area contributed by atoms with Crippen molar-refractivity contribution in [1.82, 2.24) is 14.9 Å². The van der Waals surface area contributed by atoms with E-state index in [0.29, 0.717) is 23.9 Å². The van der Waals surface area contributed by atoms with Crippen molar-refractivity contribution in [3.63, 3.8) is 0 Å². The number of aliphatic hydroxyl groups is 1. The lowest BCUT2D eigenvalue weighted by Crippen LogP contribution is -2.32. The maximum absolute atomic E-state index is 12.6. The highest BCUT2D eigenvalue weighted by molar-refractivity contribution is 5.97. The topological polar surface area (TPSA) is 95.2 Å². The number of imidazole rings is 1. The quantitative estimate of drug-likeness (QED) is 0.792. The molecular weight excluding hydrogens is 280 g/mol. The molecule has 6 nitrogen and oxygen atoms in total. The van der Waals surface area contributed by atoms with Gasteiger partial charge in [-0.1, -0.05) is 13.3 Å². The summed E-state index contributed by atoms with van der Waals surface area (Å²) in [5, 5.41) is 9.12. The highest BCUT2D eigenvalue weighted by Crippen LogP contribution is 2.23. The third kappa shape index (κ3) is 2.71. The summed E-state index contributed by atoms with van der Waals surface area (Å²) >= 11 is 0. The van der Waals surface area contributed by atoms with Gasteiger partial charge in [-0.15, -0.1) is 0 Å². The summed E-state index contributed by atoms with van der Waals surface area (Å²) in [5.74, 6) is 0.910. The Bertz CT molecular complexity index is 682. The number of rotatable bonds is 4. The van der Waals surface area contributed by atoms with Crippen molar-refractivity contribution in [3.05, 3.63) is 29.6 Å². The zero-order chi connectivity index (χ0) is 15.7. The molecule has 0 spiro atoms. The van der Waals surface area contributed by atoms with Gasteiger partial charge in [-0.05, 0) is 30.5 Å². The maximum atomic E-state index is 12.6. The first-order valence-electron chi connectivity index (χ1n) is 7.76. The molecule has 2 atom stereocenters. The van der Waals surface area contributed by atoms with Gasteiger partial charge in [0, 0.05) is 24.7 Å². The van der Waals surface area contributed by atoms with Gasteiger partial charge < -0.3 is 20.7 Å². The molecule has 4 N–H and O–H groups in total. The Morgan fingerprint density at radius 2 is 2.32 bits per heavy atom. The zero-order valence-corrected chi connectivity index (χ0v) is 12.7. The molecule has 1 aliphatic heterocycles. The van der Waals surface area contributed by atoms with Crippen molar-refractivity contribution in [2.45, 2.75) is 32.4 Å². The molecule has 1 fully saturated rings. The smallest absolute Gasteiger partial charge is 0.253 e. The molecule has 2 heterocycles. The van der Waals surface area contributed by atoms with Crippen molar-refractivity contribution in [3.8, 4) is 0 Å². The third-order valence-corrected chi connectivity index (χ3v) is 4.37. The molecule has 1 saturated heterocycles. The van der Waals surface area contributed by atoms with Crippen molar-refractivity contribution < 1.29 is 9.90 Å². The minimum Gasteiger partial charge on any atom is -0.388 e. The number of benzene rings is 1. The Labute approximate surface area is 129 Å². The van der Waals surface area contributed by atoms with Crippen LogP contribution in [0.5, 0.6) is 0 Å². The number of hydrogen-bond acceptors (Lipinski definition) is 4. The van der Waals surface area contributed by atoms with E-state index in [-0.39, 0.29) is 18.6 Å². The highest BCUT2D eigenvalue weighted by Gasteiger charge is 2.32. The summed E-state index contributed by atoms with van der Waals surface area (Å²) < 4.78 is 0. The van der Waals surface area contributed by atoms with Crippen molar-refractivity contribution in [2.75, 3.05) is 13.1 Å². The van der Waals surface area contributed by atoms with Gasteiger partial charge in [0.05, 0.1) is 11.0 Å². The summed E-state index contributed by atoms with van der Waals surface area (Å²) in [6.07, 6.45) is 2.15. The van der Waals surface area contributed by atoms with E-state index in [1.165, 1.54) is 0 Å². The fourth-order valence-electron chi connectivity index (χ4n) is 3.19. The van der Waals surface area contributed by atoms with Gasteiger partial charge in [0.2, 0.25) is 0 Å². The summed E-state index contributed by atoms with van der Waals surface area (Å²) in [7, 11) is 0. The van der Waals surface area contributed by atoms with E-state index in [0.717, 1.165) is 30.4 Å². The van der Waals surface area contributed by atoms with E-state index in [9.17, 15) is 4.79 Å². The number of likely N-dealkylation sites (tertiary alicyclic amines) is 1. The van der Waals surface area contributed by atoms with Crippen LogP contribution in [-0.2, 0) is 6.61 Å². The second kappa shape index (κ2) is 6.06. The minimum absolute atomic E-state index is 0.0103. The first-order valence-corrected chi connectivity index (χ1v) is 7.76. The average molecular weight is 302 g/mol. The number of aromatic amines is 1. The Kier molecular flexibility index (Phi) is 4.13. The van der Waals surface area contributed by atoms with Crippen LogP contribution >= 0.6 is 0 Å². The average Bonchev–Trinajstić information content (AvgIpc) is 3.10. The molecule has 0 aliphatic carbocycles. The minimum atomic E-state index is -0.141. The van der Waals surface area contributed by atoms with Crippen molar-refractivity contribution in [2.24, 2.45) is 11.7 Å². The summed E-state index contributed by atoms with van der Waals surface area (Å²) in [4.78, 5) is 21.7. The highest BCUT2D eigenvalue weighted by atomic mass is 16.3. The number of H-pyrrole nitrogens is 1. The van der Waals surface area contributed by atoms with E-state index < -0.39 is 0 Å². The lowest BCUT2D eigenvalue weighted by Gasteiger charge is -2.16. The van der Waals surface area contributed by atoms with Crippen LogP contribution in [0.4, 0.5) is 0 Å². The SMILES string of the molecule is CCC[C@@H]1CN(C(=O)c2ccc3nc(CO)[nH]c3c2)C[C@H]1N. The van der Waals surface area contributed by atoms with Crippen LogP contribution in [0.25, 0.3) is 11.0 Å². The van der Waals surface area contributed by atoms with E-state index >= 15 is 0 Å². The van der Waals surface area contributed by atoms with Gasteiger partial charge in [-0.3, -0.25) is 4.79 Å². The van der Waals surface area contributed by atoms with Crippen LogP contribution in [0, 0.1) is 5.92 Å². The number of carbonyl (C=O) groups is 1. The fourth-order valence-corrected chi connectivity index (χ4v) is 3.19. The number of fused-ring (bicyclic) bond motifs is 1. The zero-order valence-electron chi connectivity index (χ0n) is 12.7. The van der Waals surface area contributed by atoms with Crippen LogP contribution in [0.15, 0.2) is 18.2 Å². The Morgan fingerprint density at radius 1 is 1.50 bits per heavy atom. The number of nitrogens with two attached hydrogens (primary N) is 1. The summed E-state index contributed by atoms with van der Waals surface area (Å²) in [6.45, 7) is 3.35.